The minimum atomic E-state index is -3.57. The zero-order chi connectivity index (χ0) is 27.1. The van der Waals surface area contributed by atoms with E-state index in [9.17, 15) is 13.2 Å². The van der Waals surface area contributed by atoms with Gasteiger partial charge in [-0.1, -0.05) is 25.1 Å². The van der Waals surface area contributed by atoms with Crippen molar-refractivity contribution >= 4 is 49.9 Å². The molecule has 204 valence electrons. The Hall–Kier alpha value is -3.35. The van der Waals surface area contributed by atoms with Gasteiger partial charge in [0.15, 0.2) is 22.3 Å². The van der Waals surface area contributed by atoms with Gasteiger partial charge in [-0.05, 0) is 68.1 Å². The van der Waals surface area contributed by atoms with E-state index in [2.05, 4.69) is 15.5 Å². The predicted molar refractivity (Wildman–Crippen MR) is 149 cm³/mol. The van der Waals surface area contributed by atoms with Gasteiger partial charge in [0.25, 0.3) is 0 Å². The smallest absolute Gasteiger partial charge is 0.243 e. The van der Waals surface area contributed by atoms with Crippen LogP contribution in [0.1, 0.15) is 38.2 Å². The lowest BCUT2D eigenvalue weighted by Gasteiger charge is -2.34. The molecular weight excluding hydrogens is 538 g/mol. The van der Waals surface area contributed by atoms with Crippen LogP contribution in [0.2, 0.25) is 0 Å². The number of carbonyl (C=O) groups is 1. The number of ether oxygens (including phenoxy) is 2. The molecule has 0 bridgehead atoms. The Balaban J connectivity index is 1.16. The number of nitrogens with one attached hydrogen (secondary N) is 1. The summed E-state index contributed by atoms with van der Waals surface area (Å²) in [6.07, 6.45) is 3.62. The number of benzene rings is 2. The lowest BCUT2D eigenvalue weighted by Crippen LogP contribution is -2.43. The molecule has 6 rings (SSSR count). The molecule has 1 N–H and O–H groups in total. The fourth-order valence-corrected chi connectivity index (χ4v) is 7.77. The van der Waals surface area contributed by atoms with Crippen molar-refractivity contribution in [3.63, 3.8) is 0 Å². The van der Waals surface area contributed by atoms with Gasteiger partial charge in [0, 0.05) is 29.7 Å². The molecule has 0 radical (unpaired) electrons. The van der Waals surface area contributed by atoms with Crippen molar-refractivity contribution in [2.45, 2.75) is 55.6 Å². The van der Waals surface area contributed by atoms with Crippen LogP contribution in [-0.4, -0.2) is 58.4 Å². The molecule has 2 aromatic carbocycles. The van der Waals surface area contributed by atoms with E-state index in [4.69, 9.17) is 9.47 Å². The molecule has 1 amide bonds. The Bertz CT molecular complexity index is 1670. The number of pyridine rings is 1. The molecule has 0 aliphatic carbocycles. The first-order valence-electron chi connectivity index (χ1n) is 13.0. The molecule has 2 aliphatic heterocycles. The topological polar surface area (TPSA) is 115 Å². The summed E-state index contributed by atoms with van der Waals surface area (Å²) >= 11 is 1.27. The maximum absolute atomic E-state index is 13.2. The van der Waals surface area contributed by atoms with Crippen molar-refractivity contribution in [2.24, 2.45) is 0 Å². The Labute approximate surface area is 230 Å². The summed E-state index contributed by atoms with van der Waals surface area (Å²) in [5.74, 6) is 1.23. The number of anilines is 1. The van der Waals surface area contributed by atoms with E-state index in [1.807, 2.05) is 36.4 Å². The second-order valence-corrected chi connectivity index (χ2v) is 12.6. The average Bonchev–Trinajstić information content (AvgIpc) is 3.58. The van der Waals surface area contributed by atoms with Crippen LogP contribution >= 0.6 is 11.8 Å². The number of nitrogens with zero attached hydrogens (tertiary/aromatic N) is 4. The quantitative estimate of drug-likeness (QED) is 0.322. The van der Waals surface area contributed by atoms with Gasteiger partial charge in [0.1, 0.15) is 0 Å². The van der Waals surface area contributed by atoms with Crippen molar-refractivity contribution in [1.82, 2.24) is 18.9 Å². The van der Waals surface area contributed by atoms with Crippen LogP contribution < -0.4 is 14.8 Å². The van der Waals surface area contributed by atoms with Crippen LogP contribution in [0.4, 0.5) is 5.69 Å². The van der Waals surface area contributed by atoms with E-state index in [1.165, 1.54) is 11.8 Å². The highest BCUT2D eigenvalue weighted by atomic mass is 32.2. The number of aryl methyl sites for hydroxylation is 1. The summed E-state index contributed by atoms with van der Waals surface area (Å²) in [6, 6.07) is 12.3. The maximum Gasteiger partial charge on any atom is 0.243 e. The van der Waals surface area contributed by atoms with Crippen LogP contribution in [0.25, 0.3) is 16.6 Å². The van der Waals surface area contributed by atoms with Crippen LogP contribution in [0.3, 0.4) is 0 Å². The third-order valence-electron chi connectivity index (χ3n) is 7.24. The second-order valence-electron chi connectivity index (χ2n) is 9.77. The minimum absolute atomic E-state index is 0.0380. The van der Waals surface area contributed by atoms with Gasteiger partial charge >= 0.3 is 0 Å². The molecule has 0 unspecified atom stereocenters. The van der Waals surface area contributed by atoms with Gasteiger partial charge in [-0.3, -0.25) is 9.20 Å². The van der Waals surface area contributed by atoms with E-state index in [0.717, 1.165) is 42.1 Å². The molecule has 12 heteroatoms. The van der Waals surface area contributed by atoms with Crippen LogP contribution in [0.5, 0.6) is 11.5 Å². The second kappa shape index (κ2) is 10.3. The number of fused-ring (bicyclic) bond motifs is 4. The van der Waals surface area contributed by atoms with Gasteiger partial charge < -0.3 is 14.8 Å². The number of thioether (sulfide) groups is 1. The van der Waals surface area contributed by atoms with Crippen LogP contribution in [-0.2, 0) is 14.8 Å². The summed E-state index contributed by atoms with van der Waals surface area (Å²) < 4.78 is 41.1. The summed E-state index contributed by atoms with van der Waals surface area (Å²) in [5.41, 5.74) is 3.06. The molecule has 2 aliphatic rings. The van der Waals surface area contributed by atoms with Gasteiger partial charge in [-0.25, -0.2) is 8.42 Å². The highest BCUT2D eigenvalue weighted by molar-refractivity contribution is 7.99. The number of hydrogen-bond donors (Lipinski definition) is 1. The van der Waals surface area contributed by atoms with Crippen molar-refractivity contribution in [2.75, 3.05) is 24.4 Å². The molecule has 39 heavy (non-hydrogen) atoms. The third kappa shape index (κ3) is 4.81. The number of hydrogen-bond acceptors (Lipinski definition) is 8. The van der Waals surface area contributed by atoms with Gasteiger partial charge in [-0.15, -0.1) is 10.2 Å². The lowest BCUT2D eigenvalue weighted by molar-refractivity contribution is -0.113. The molecule has 0 spiro atoms. The van der Waals surface area contributed by atoms with Crippen molar-refractivity contribution in [3.05, 3.63) is 48.0 Å². The van der Waals surface area contributed by atoms with Crippen molar-refractivity contribution in [1.29, 1.82) is 0 Å². The summed E-state index contributed by atoms with van der Waals surface area (Å²) in [4.78, 5) is 13.0. The van der Waals surface area contributed by atoms with Crippen molar-refractivity contribution < 1.29 is 22.7 Å². The molecular formula is C27H29N5O5S2. The van der Waals surface area contributed by atoms with Crippen LogP contribution in [0.15, 0.2) is 52.5 Å². The number of aromatic nitrogens is 3. The Kier molecular flexibility index (Phi) is 6.86. The summed E-state index contributed by atoms with van der Waals surface area (Å²) in [5, 5.41) is 13.1. The van der Waals surface area contributed by atoms with E-state index in [1.54, 1.807) is 28.6 Å². The molecule has 1 fully saturated rings. The maximum atomic E-state index is 13.2. The van der Waals surface area contributed by atoms with Crippen molar-refractivity contribution in [3.8, 4) is 11.5 Å². The first-order chi connectivity index (χ1) is 18.8. The fraction of sp³-hybridized carbons (Fsp3) is 0.370. The number of sulfonamides is 1. The number of amides is 1. The Morgan fingerprint density at radius 3 is 2.64 bits per heavy atom. The molecule has 1 atom stereocenters. The molecule has 0 saturated carbocycles. The third-order valence-corrected chi connectivity index (χ3v) is 10.1. The number of piperidine rings is 1. The average molecular weight is 568 g/mol. The normalized spacial score (nSPS) is 17.6. The van der Waals surface area contributed by atoms with Gasteiger partial charge in [0.2, 0.25) is 22.7 Å². The van der Waals surface area contributed by atoms with E-state index in [0.29, 0.717) is 34.5 Å². The molecule has 4 aromatic rings. The SMILES string of the molecule is CC[C@@H]1CCCCN1S(=O)(=O)c1ccc(NC(=O)CSc2nnc3c(C)cc4cc5c(cc4n23)OCO5)cc1. The highest BCUT2D eigenvalue weighted by Gasteiger charge is 2.32. The first-order valence-corrected chi connectivity index (χ1v) is 15.4. The molecule has 10 nitrogen and oxygen atoms in total. The zero-order valence-electron chi connectivity index (χ0n) is 21.7. The van der Waals surface area contributed by atoms with Gasteiger partial charge in [0.05, 0.1) is 16.2 Å². The first kappa shape index (κ1) is 25.9. The van der Waals surface area contributed by atoms with Gasteiger partial charge in [-0.2, -0.15) is 4.31 Å². The van der Waals surface area contributed by atoms with Crippen LogP contribution in [0, 0.1) is 6.92 Å². The fourth-order valence-electron chi connectivity index (χ4n) is 5.26. The molecule has 4 heterocycles. The molecule has 1 saturated heterocycles. The van der Waals surface area contributed by atoms with E-state index < -0.39 is 10.0 Å². The molecule has 2 aromatic heterocycles. The summed E-state index contributed by atoms with van der Waals surface area (Å²) in [6.45, 7) is 4.72. The Morgan fingerprint density at radius 1 is 1.10 bits per heavy atom. The Morgan fingerprint density at radius 2 is 1.87 bits per heavy atom. The summed E-state index contributed by atoms with van der Waals surface area (Å²) in [7, 11) is -3.57. The highest BCUT2D eigenvalue weighted by Crippen LogP contribution is 2.37. The minimum Gasteiger partial charge on any atom is -0.454 e. The largest absolute Gasteiger partial charge is 0.454 e. The zero-order valence-corrected chi connectivity index (χ0v) is 23.3. The lowest BCUT2D eigenvalue weighted by atomic mass is 10.0. The number of carbonyl (C=O) groups excluding carboxylic acids is 1. The monoisotopic (exact) mass is 567 g/mol. The predicted octanol–water partition coefficient (Wildman–Crippen LogP) is 4.60. The van der Waals surface area contributed by atoms with E-state index >= 15 is 0 Å². The standard InChI is InChI=1S/C27H29N5O5S2/c1-3-20-6-4-5-11-31(20)39(34,35)21-9-7-19(8-10-21)28-25(33)15-38-27-30-29-26-17(2)12-18-13-23-24(37-16-36-23)14-22(18)32(26)27/h7-10,12-14,20H,3-6,11,15-16H2,1-2H3,(H,28,33)/t20-/m1/s1. The number of rotatable bonds is 7. The van der Waals surface area contributed by atoms with E-state index in [-0.39, 0.29) is 29.4 Å².